The highest BCUT2D eigenvalue weighted by atomic mass is 35.5. The molecule has 0 fully saturated rings. The Hall–Kier alpha value is -1.29. The molecule has 0 radical (unpaired) electrons. The zero-order valence-corrected chi connectivity index (χ0v) is 12.1. The molecular weight excluding hydrogens is 307 g/mol. The fourth-order valence-corrected chi connectivity index (χ4v) is 2.11. The van der Waals surface area contributed by atoms with Crippen molar-refractivity contribution in [1.82, 2.24) is 4.98 Å². The molecule has 1 aromatic carbocycles. The Bertz CT molecular complexity index is 644. The lowest BCUT2D eigenvalue weighted by molar-refractivity contribution is 0.102. The van der Waals surface area contributed by atoms with Gasteiger partial charge in [-0.25, -0.2) is 4.98 Å². The number of amides is 1. The van der Waals surface area contributed by atoms with Gasteiger partial charge in [-0.15, -0.1) is 0 Å². The SMILES string of the molecule is Cc1ccc(Cl)c(NC(=O)c2cccc(Cl)n2)c1Cl. The van der Waals surface area contributed by atoms with Crippen molar-refractivity contribution in [3.63, 3.8) is 0 Å². The summed E-state index contributed by atoms with van der Waals surface area (Å²) in [6.07, 6.45) is 0. The van der Waals surface area contributed by atoms with Crippen molar-refractivity contribution in [3.05, 3.63) is 56.8 Å². The van der Waals surface area contributed by atoms with E-state index >= 15 is 0 Å². The van der Waals surface area contributed by atoms with Crippen LogP contribution in [0.15, 0.2) is 30.3 Å². The second kappa shape index (κ2) is 5.78. The van der Waals surface area contributed by atoms with Crippen molar-refractivity contribution in [3.8, 4) is 0 Å². The molecule has 1 N–H and O–H groups in total. The summed E-state index contributed by atoms with van der Waals surface area (Å²) in [5, 5.41) is 3.66. The van der Waals surface area contributed by atoms with E-state index in [1.165, 1.54) is 0 Å². The Balaban J connectivity index is 2.32. The maximum atomic E-state index is 12.0. The second-order valence-corrected chi connectivity index (χ2v) is 5.03. The summed E-state index contributed by atoms with van der Waals surface area (Å²) in [6.45, 7) is 1.83. The summed E-state index contributed by atoms with van der Waals surface area (Å²) >= 11 is 17.9. The molecule has 6 heteroatoms. The number of hydrogen-bond donors (Lipinski definition) is 1. The molecule has 1 aromatic heterocycles. The van der Waals surface area contributed by atoms with Crippen LogP contribution in [0.25, 0.3) is 0 Å². The van der Waals surface area contributed by atoms with Crippen molar-refractivity contribution in [2.24, 2.45) is 0 Å². The van der Waals surface area contributed by atoms with Gasteiger partial charge in [0, 0.05) is 0 Å². The van der Waals surface area contributed by atoms with Gasteiger partial charge in [0.2, 0.25) is 0 Å². The Kier molecular flexibility index (Phi) is 4.30. The highest BCUT2D eigenvalue weighted by molar-refractivity contribution is 6.40. The highest BCUT2D eigenvalue weighted by Gasteiger charge is 2.14. The average molecular weight is 316 g/mol. The van der Waals surface area contributed by atoms with E-state index in [2.05, 4.69) is 10.3 Å². The van der Waals surface area contributed by atoms with E-state index in [0.29, 0.717) is 15.7 Å². The molecule has 0 saturated heterocycles. The molecule has 0 saturated carbocycles. The van der Waals surface area contributed by atoms with Gasteiger partial charge in [0.25, 0.3) is 5.91 Å². The lowest BCUT2D eigenvalue weighted by Crippen LogP contribution is -2.14. The Morgan fingerprint density at radius 3 is 2.58 bits per heavy atom. The standard InChI is InChI=1S/C13H9Cl3N2O/c1-7-5-6-8(14)12(11(7)16)18-13(19)9-3-2-4-10(15)17-9/h2-6H,1H3,(H,18,19). The molecule has 0 atom stereocenters. The summed E-state index contributed by atoms with van der Waals surface area (Å²) in [7, 11) is 0. The first-order valence-corrected chi connectivity index (χ1v) is 6.51. The van der Waals surface area contributed by atoms with E-state index in [4.69, 9.17) is 34.8 Å². The third kappa shape index (κ3) is 3.18. The van der Waals surface area contributed by atoms with E-state index in [1.54, 1.807) is 30.3 Å². The summed E-state index contributed by atoms with van der Waals surface area (Å²) in [6, 6.07) is 8.23. The van der Waals surface area contributed by atoms with Gasteiger partial charge in [-0.1, -0.05) is 46.9 Å². The zero-order valence-electron chi connectivity index (χ0n) is 9.88. The molecule has 0 aliphatic heterocycles. The van der Waals surface area contributed by atoms with Gasteiger partial charge in [0.15, 0.2) is 0 Å². The molecule has 2 aromatic rings. The average Bonchev–Trinajstić information content (AvgIpc) is 2.39. The Morgan fingerprint density at radius 1 is 1.16 bits per heavy atom. The van der Waals surface area contributed by atoms with E-state index in [9.17, 15) is 4.79 Å². The molecule has 0 aliphatic carbocycles. The molecule has 1 heterocycles. The van der Waals surface area contributed by atoms with Crippen molar-refractivity contribution < 1.29 is 4.79 Å². The number of aryl methyl sites for hydroxylation is 1. The van der Waals surface area contributed by atoms with Crippen LogP contribution in [0.1, 0.15) is 16.1 Å². The van der Waals surface area contributed by atoms with Crippen LogP contribution in [0.3, 0.4) is 0 Å². The van der Waals surface area contributed by atoms with Crippen LogP contribution in [0, 0.1) is 6.92 Å². The van der Waals surface area contributed by atoms with Crippen LogP contribution in [0.5, 0.6) is 0 Å². The van der Waals surface area contributed by atoms with Crippen molar-refractivity contribution in [2.75, 3.05) is 5.32 Å². The first kappa shape index (κ1) is 14.1. The molecule has 3 nitrogen and oxygen atoms in total. The summed E-state index contributed by atoms with van der Waals surface area (Å²) in [4.78, 5) is 16.0. The van der Waals surface area contributed by atoms with E-state index in [0.717, 1.165) is 5.56 Å². The predicted molar refractivity (Wildman–Crippen MR) is 78.4 cm³/mol. The number of halogens is 3. The fraction of sp³-hybridized carbons (Fsp3) is 0.0769. The first-order chi connectivity index (χ1) is 8.99. The molecule has 19 heavy (non-hydrogen) atoms. The summed E-state index contributed by atoms with van der Waals surface area (Å²) in [5.74, 6) is -0.420. The minimum Gasteiger partial charge on any atom is -0.318 e. The highest BCUT2D eigenvalue weighted by Crippen LogP contribution is 2.33. The van der Waals surface area contributed by atoms with Crippen LogP contribution in [-0.4, -0.2) is 10.9 Å². The Labute approximate surface area is 125 Å². The Morgan fingerprint density at radius 2 is 1.89 bits per heavy atom. The van der Waals surface area contributed by atoms with Crippen molar-refractivity contribution in [1.29, 1.82) is 0 Å². The van der Waals surface area contributed by atoms with Gasteiger partial charge in [0.1, 0.15) is 10.8 Å². The number of rotatable bonds is 2. The number of aromatic nitrogens is 1. The lowest BCUT2D eigenvalue weighted by Gasteiger charge is -2.10. The molecule has 0 aliphatic rings. The monoisotopic (exact) mass is 314 g/mol. The quantitative estimate of drug-likeness (QED) is 0.823. The van der Waals surface area contributed by atoms with Crippen molar-refractivity contribution >= 4 is 46.4 Å². The predicted octanol–water partition coefficient (Wildman–Crippen LogP) is 4.60. The number of anilines is 1. The maximum Gasteiger partial charge on any atom is 0.274 e. The minimum atomic E-state index is -0.420. The van der Waals surface area contributed by atoms with Gasteiger partial charge in [-0.3, -0.25) is 4.79 Å². The molecule has 0 spiro atoms. The third-order valence-corrected chi connectivity index (χ3v) is 3.48. The summed E-state index contributed by atoms with van der Waals surface area (Å²) in [5.41, 5.74) is 1.39. The largest absolute Gasteiger partial charge is 0.318 e. The molecular formula is C13H9Cl3N2O. The number of carbonyl (C=O) groups is 1. The minimum absolute atomic E-state index is 0.195. The number of pyridine rings is 1. The molecule has 1 amide bonds. The number of benzene rings is 1. The second-order valence-electron chi connectivity index (χ2n) is 3.85. The number of nitrogens with one attached hydrogen (secondary N) is 1. The topological polar surface area (TPSA) is 42.0 Å². The first-order valence-electron chi connectivity index (χ1n) is 5.37. The normalized spacial score (nSPS) is 10.3. The van der Waals surface area contributed by atoms with Gasteiger partial charge in [-0.2, -0.15) is 0 Å². The van der Waals surface area contributed by atoms with Crippen LogP contribution in [-0.2, 0) is 0 Å². The summed E-state index contributed by atoms with van der Waals surface area (Å²) < 4.78 is 0. The lowest BCUT2D eigenvalue weighted by atomic mass is 10.2. The number of hydrogen-bond acceptors (Lipinski definition) is 2. The van der Waals surface area contributed by atoms with E-state index in [-0.39, 0.29) is 10.8 Å². The van der Waals surface area contributed by atoms with Gasteiger partial charge >= 0.3 is 0 Å². The maximum absolute atomic E-state index is 12.0. The van der Waals surface area contributed by atoms with Gasteiger partial charge < -0.3 is 5.32 Å². The zero-order chi connectivity index (χ0) is 14.0. The molecule has 2 rings (SSSR count). The molecule has 0 bridgehead atoms. The smallest absolute Gasteiger partial charge is 0.274 e. The van der Waals surface area contributed by atoms with E-state index < -0.39 is 5.91 Å². The fourth-order valence-electron chi connectivity index (χ4n) is 1.48. The van der Waals surface area contributed by atoms with Gasteiger partial charge in [0.05, 0.1) is 15.7 Å². The van der Waals surface area contributed by atoms with E-state index in [1.807, 2.05) is 6.92 Å². The number of nitrogens with zero attached hydrogens (tertiary/aromatic N) is 1. The molecule has 0 unspecified atom stereocenters. The third-order valence-electron chi connectivity index (χ3n) is 2.47. The number of carbonyl (C=O) groups excluding carboxylic acids is 1. The van der Waals surface area contributed by atoms with Crippen LogP contribution < -0.4 is 5.32 Å². The van der Waals surface area contributed by atoms with Crippen molar-refractivity contribution in [2.45, 2.75) is 6.92 Å². The van der Waals surface area contributed by atoms with Crippen LogP contribution >= 0.6 is 34.8 Å². The van der Waals surface area contributed by atoms with Gasteiger partial charge in [-0.05, 0) is 30.7 Å². The van der Waals surface area contributed by atoms with Crippen LogP contribution in [0.2, 0.25) is 15.2 Å². The molecule has 98 valence electrons. The van der Waals surface area contributed by atoms with Crippen LogP contribution in [0.4, 0.5) is 5.69 Å².